The van der Waals surface area contributed by atoms with Gasteiger partial charge in [-0.3, -0.25) is 14.5 Å². The number of rotatable bonds is 9. The Bertz CT molecular complexity index is 989. The van der Waals surface area contributed by atoms with Gasteiger partial charge in [-0.05, 0) is 54.7 Å². The van der Waals surface area contributed by atoms with Crippen LogP contribution >= 0.6 is 35.6 Å². The van der Waals surface area contributed by atoms with Crippen molar-refractivity contribution in [3.8, 4) is 0 Å². The standard InChI is InChI=1S/C24H25ClN2O2S2/c1-2-18-8-5-6-9-20(18)26-22(28)10-4-3-7-15-27-23(29)21(31-24(27)30)16-17-11-13-19(25)14-12-17/h5-6,8-9,11-14,16H,2-4,7,10,15H2,1H3,(H,26,28). The minimum Gasteiger partial charge on any atom is -0.326 e. The Hall–Kier alpha value is -2.15. The number of benzene rings is 2. The molecule has 2 amide bonds. The largest absolute Gasteiger partial charge is 0.326 e. The molecule has 0 saturated carbocycles. The Balaban J connectivity index is 1.42. The number of carbonyl (C=O) groups excluding carboxylic acids is 2. The first-order valence-electron chi connectivity index (χ1n) is 10.4. The fourth-order valence-electron chi connectivity index (χ4n) is 3.30. The van der Waals surface area contributed by atoms with E-state index in [9.17, 15) is 9.59 Å². The molecule has 1 aliphatic heterocycles. The average molecular weight is 473 g/mol. The van der Waals surface area contributed by atoms with Crippen molar-refractivity contribution in [2.24, 2.45) is 0 Å². The lowest BCUT2D eigenvalue weighted by atomic mass is 10.1. The Morgan fingerprint density at radius 3 is 2.61 bits per heavy atom. The zero-order chi connectivity index (χ0) is 22.2. The van der Waals surface area contributed by atoms with Crippen molar-refractivity contribution in [1.82, 2.24) is 4.90 Å². The fourth-order valence-corrected chi connectivity index (χ4v) is 4.73. The van der Waals surface area contributed by atoms with E-state index in [1.165, 1.54) is 11.8 Å². The van der Waals surface area contributed by atoms with Gasteiger partial charge in [0.25, 0.3) is 5.91 Å². The zero-order valence-electron chi connectivity index (χ0n) is 17.4. The van der Waals surface area contributed by atoms with Gasteiger partial charge in [-0.1, -0.05) is 79.3 Å². The van der Waals surface area contributed by atoms with E-state index in [0.717, 1.165) is 42.5 Å². The molecule has 31 heavy (non-hydrogen) atoms. The summed E-state index contributed by atoms with van der Waals surface area (Å²) in [5, 5.41) is 3.66. The van der Waals surface area contributed by atoms with Gasteiger partial charge < -0.3 is 5.32 Å². The number of halogens is 1. The second kappa shape index (κ2) is 11.5. The number of anilines is 1. The average Bonchev–Trinajstić information content (AvgIpc) is 3.02. The second-order valence-corrected chi connectivity index (χ2v) is 9.37. The molecule has 0 atom stereocenters. The lowest BCUT2D eigenvalue weighted by molar-refractivity contribution is -0.122. The molecule has 1 N–H and O–H groups in total. The Morgan fingerprint density at radius 2 is 1.87 bits per heavy atom. The van der Waals surface area contributed by atoms with Gasteiger partial charge in [-0.25, -0.2) is 0 Å². The van der Waals surface area contributed by atoms with Crippen LogP contribution in [0.3, 0.4) is 0 Å². The molecule has 0 unspecified atom stereocenters. The molecule has 0 radical (unpaired) electrons. The van der Waals surface area contributed by atoms with Crippen LogP contribution in [0.15, 0.2) is 53.4 Å². The van der Waals surface area contributed by atoms with E-state index in [4.69, 9.17) is 23.8 Å². The fraction of sp³-hybridized carbons (Fsp3) is 0.292. The highest BCUT2D eigenvalue weighted by molar-refractivity contribution is 8.26. The maximum atomic E-state index is 12.7. The van der Waals surface area contributed by atoms with Crippen LogP contribution in [-0.2, 0) is 16.0 Å². The van der Waals surface area contributed by atoms with Gasteiger partial charge in [-0.15, -0.1) is 0 Å². The third-order valence-corrected chi connectivity index (χ3v) is 6.63. The van der Waals surface area contributed by atoms with Crippen LogP contribution in [-0.4, -0.2) is 27.6 Å². The van der Waals surface area contributed by atoms with Crippen molar-refractivity contribution in [3.05, 3.63) is 69.6 Å². The van der Waals surface area contributed by atoms with Crippen LogP contribution in [0.25, 0.3) is 6.08 Å². The molecule has 2 aromatic rings. The smallest absolute Gasteiger partial charge is 0.266 e. The third kappa shape index (κ3) is 6.66. The molecule has 7 heteroatoms. The maximum absolute atomic E-state index is 12.7. The van der Waals surface area contributed by atoms with E-state index in [1.54, 1.807) is 17.0 Å². The van der Waals surface area contributed by atoms with Gasteiger partial charge in [0.1, 0.15) is 4.32 Å². The minimum atomic E-state index is -0.0566. The number of para-hydroxylation sites is 1. The molecule has 162 valence electrons. The van der Waals surface area contributed by atoms with E-state index < -0.39 is 0 Å². The number of nitrogens with zero attached hydrogens (tertiary/aromatic N) is 1. The summed E-state index contributed by atoms with van der Waals surface area (Å²) in [6.45, 7) is 2.65. The highest BCUT2D eigenvalue weighted by Gasteiger charge is 2.31. The van der Waals surface area contributed by atoms with Crippen LogP contribution in [0.1, 0.15) is 43.7 Å². The predicted octanol–water partition coefficient (Wildman–Crippen LogP) is 6.30. The lowest BCUT2D eigenvalue weighted by Gasteiger charge is -2.14. The summed E-state index contributed by atoms with van der Waals surface area (Å²) >= 11 is 12.6. The van der Waals surface area contributed by atoms with Crippen molar-refractivity contribution in [2.45, 2.75) is 39.0 Å². The highest BCUT2D eigenvalue weighted by Crippen LogP contribution is 2.33. The zero-order valence-corrected chi connectivity index (χ0v) is 19.8. The van der Waals surface area contributed by atoms with Crippen LogP contribution in [0, 0.1) is 0 Å². The first-order valence-corrected chi connectivity index (χ1v) is 12.0. The van der Waals surface area contributed by atoms with Gasteiger partial charge in [0.05, 0.1) is 4.91 Å². The van der Waals surface area contributed by atoms with Gasteiger partial charge in [0.15, 0.2) is 0 Å². The summed E-state index contributed by atoms with van der Waals surface area (Å²) in [6.07, 6.45) is 5.62. The first kappa shape index (κ1) is 23.5. The van der Waals surface area contributed by atoms with E-state index in [1.807, 2.05) is 42.5 Å². The monoisotopic (exact) mass is 472 g/mol. The predicted molar refractivity (Wildman–Crippen MR) is 134 cm³/mol. The molecule has 0 spiro atoms. The molecule has 2 aromatic carbocycles. The van der Waals surface area contributed by atoms with E-state index in [2.05, 4.69) is 12.2 Å². The number of hydrogen-bond acceptors (Lipinski definition) is 4. The number of nitrogens with one attached hydrogen (secondary N) is 1. The van der Waals surface area contributed by atoms with E-state index in [-0.39, 0.29) is 11.8 Å². The van der Waals surface area contributed by atoms with E-state index >= 15 is 0 Å². The van der Waals surface area contributed by atoms with Crippen LogP contribution in [0.5, 0.6) is 0 Å². The molecule has 0 aliphatic carbocycles. The first-order chi connectivity index (χ1) is 15.0. The maximum Gasteiger partial charge on any atom is 0.266 e. The second-order valence-electron chi connectivity index (χ2n) is 7.25. The summed E-state index contributed by atoms with van der Waals surface area (Å²) in [5.74, 6) is -0.0312. The highest BCUT2D eigenvalue weighted by atomic mass is 35.5. The van der Waals surface area contributed by atoms with Gasteiger partial charge in [0, 0.05) is 23.7 Å². The van der Waals surface area contributed by atoms with Gasteiger partial charge >= 0.3 is 0 Å². The number of aryl methyl sites for hydroxylation is 1. The van der Waals surface area contributed by atoms with Crippen molar-refractivity contribution in [2.75, 3.05) is 11.9 Å². The normalized spacial score (nSPS) is 15.0. The van der Waals surface area contributed by atoms with Crippen molar-refractivity contribution in [3.63, 3.8) is 0 Å². The van der Waals surface area contributed by atoms with Crippen LogP contribution < -0.4 is 5.32 Å². The Morgan fingerprint density at radius 1 is 1.13 bits per heavy atom. The lowest BCUT2D eigenvalue weighted by Crippen LogP contribution is -2.29. The molecule has 0 bridgehead atoms. The summed E-state index contributed by atoms with van der Waals surface area (Å²) < 4.78 is 0.583. The van der Waals surface area contributed by atoms with Crippen LogP contribution in [0.2, 0.25) is 5.02 Å². The molecule has 0 aromatic heterocycles. The number of hydrogen-bond donors (Lipinski definition) is 1. The number of thioether (sulfide) groups is 1. The molecular weight excluding hydrogens is 448 g/mol. The molecule has 1 aliphatic rings. The van der Waals surface area contributed by atoms with Crippen LogP contribution in [0.4, 0.5) is 5.69 Å². The summed E-state index contributed by atoms with van der Waals surface area (Å²) in [5.41, 5.74) is 2.94. The van der Waals surface area contributed by atoms with E-state index in [0.29, 0.717) is 27.2 Å². The molecule has 1 fully saturated rings. The third-order valence-electron chi connectivity index (χ3n) is 5.00. The summed E-state index contributed by atoms with van der Waals surface area (Å²) in [6, 6.07) is 15.2. The molecule has 1 saturated heterocycles. The quantitative estimate of drug-likeness (QED) is 0.264. The van der Waals surface area contributed by atoms with Gasteiger partial charge in [0.2, 0.25) is 5.91 Å². The Labute approximate surface area is 198 Å². The summed E-state index contributed by atoms with van der Waals surface area (Å²) in [4.78, 5) is 27.2. The SMILES string of the molecule is CCc1ccccc1NC(=O)CCCCCN1C(=O)C(=Cc2ccc(Cl)cc2)SC1=S. The number of thiocarbonyl (C=S) groups is 1. The number of unbranched alkanes of at least 4 members (excludes halogenated alkanes) is 2. The van der Waals surface area contributed by atoms with Crippen molar-refractivity contribution in [1.29, 1.82) is 0 Å². The topological polar surface area (TPSA) is 49.4 Å². The minimum absolute atomic E-state index is 0.0254. The molecule has 4 nitrogen and oxygen atoms in total. The molecular formula is C24H25ClN2O2S2. The Kier molecular flexibility index (Phi) is 8.69. The number of amides is 2. The molecule has 1 heterocycles. The van der Waals surface area contributed by atoms with Crippen molar-refractivity contribution < 1.29 is 9.59 Å². The summed E-state index contributed by atoms with van der Waals surface area (Å²) in [7, 11) is 0. The molecule has 3 rings (SSSR count). The van der Waals surface area contributed by atoms with Gasteiger partial charge in [-0.2, -0.15) is 0 Å². The van der Waals surface area contributed by atoms with Crippen molar-refractivity contribution >= 4 is 63.5 Å². The number of carbonyl (C=O) groups is 2.